The third-order valence-electron chi connectivity index (χ3n) is 3.79. The number of unbranched alkanes of at least 4 members (excludes halogenated alkanes) is 1. The number of carbonyl (C=O) groups is 1. The Bertz CT molecular complexity index is 475. The molecule has 1 aliphatic rings. The number of epoxide rings is 1. The van der Waals surface area contributed by atoms with Gasteiger partial charge in [0.1, 0.15) is 12.0 Å². The van der Waals surface area contributed by atoms with Gasteiger partial charge in [0.05, 0.1) is 19.8 Å². The van der Waals surface area contributed by atoms with Gasteiger partial charge < -0.3 is 19.0 Å². The van der Waals surface area contributed by atoms with Crippen LogP contribution in [0.5, 0.6) is 0 Å². The lowest BCUT2D eigenvalue weighted by Gasteiger charge is -2.17. The molecule has 1 saturated heterocycles. The fourth-order valence-corrected chi connectivity index (χ4v) is 2.73. The first-order valence-corrected chi connectivity index (χ1v) is 8.53. The molecular formula is C16H24O5Si. The van der Waals surface area contributed by atoms with Crippen molar-refractivity contribution in [1.82, 2.24) is 0 Å². The van der Waals surface area contributed by atoms with E-state index in [0.717, 1.165) is 43.6 Å². The largest absolute Gasteiger partial charge is 0.528 e. The normalized spacial score (nSPS) is 18.1. The lowest BCUT2D eigenvalue weighted by atomic mass is 9.92. The van der Waals surface area contributed by atoms with E-state index >= 15 is 0 Å². The van der Waals surface area contributed by atoms with Crippen LogP contribution < -0.4 is 0 Å². The Kier molecular flexibility index (Phi) is 7.05. The van der Waals surface area contributed by atoms with E-state index in [4.69, 9.17) is 13.9 Å². The van der Waals surface area contributed by atoms with Crippen LogP contribution in [-0.4, -0.2) is 54.1 Å². The fraction of sp³-hybridized carbons (Fsp3) is 0.562. The molecule has 1 aliphatic heterocycles. The minimum atomic E-state index is -0.572. The second-order valence-electron chi connectivity index (χ2n) is 5.44. The van der Waals surface area contributed by atoms with Crippen molar-refractivity contribution in [2.45, 2.75) is 31.3 Å². The van der Waals surface area contributed by atoms with Crippen LogP contribution in [0.3, 0.4) is 0 Å². The van der Waals surface area contributed by atoms with Crippen molar-refractivity contribution in [1.29, 1.82) is 0 Å². The van der Waals surface area contributed by atoms with Gasteiger partial charge in [-0.3, -0.25) is 4.79 Å². The highest BCUT2D eigenvalue weighted by Gasteiger charge is 2.23. The van der Waals surface area contributed by atoms with Gasteiger partial charge in [-0.1, -0.05) is 24.3 Å². The molecule has 0 bridgehead atoms. The number of benzene rings is 1. The summed E-state index contributed by atoms with van der Waals surface area (Å²) in [5.41, 5.74) is 1.97. The van der Waals surface area contributed by atoms with E-state index in [-0.39, 0.29) is 12.6 Å². The van der Waals surface area contributed by atoms with Gasteiger partial charge in [-0.25, -0.2) is 0 Å². The summed E-state index contributed by atoms with van der Waals surface area (Å²) in [4.78, 5) is 11.8. The standard InChI is InChI=1S/C16H24O5Si/c17-9-15(16(18)21-22)14-7-2-1-5-12(14)6-3-4-8-19-10-13-11-20-13/h1-2,5,7,13,15,17H,3-4,6,8-11H2,22H3. The van der Waals surface area contributed by atoms with Gasteiger partial charge in [-0.05, 0) is 30.4 Å². The Balaban J connectivity index is 1.82. The van der Waals surface area contributed by atoms with Gasteiger partial charge in [0.15, 0.2) is 0 Å². The van der Waals surface area contributed by atoms with Crippen LogP contribution in [0.15, 0.2) is 24.3 Å². The molecule has 0 saturated carbocycles. The highest BCUT2D eigenvalue weighted by atomic mass is 28.2. The van der Waals surface area contributed by atoms with E-state index in [9.17, 15) is 9.90 Å². The van der Waals surface area contributed by atoms with Crippen LogP contribution in [0.2, 0.25) is 0 Å². The zero-order valence-corrected chi connectivity index (χ0v) is 15.0. The zero-order valence-electron chi connectivity index (χ0n) is 13.0. The summed E-state index contributed by atoms with van der Waals surface area (Å²) < 4.78 is 15.5. The van der Waals surface area contributed by atoms with E-state index in [0.29, 0.717) is 23.2 Å². The lowest BCUT2D eigenvalue weighted by molar-refractivity contribution is -0.136. The molecule has 22 heavy (non-hydrogen) atoms. The predicted octanol–water partition coefficient (Wildman–Crippen LogP) is 0.324. The molecule has 1 N–H and O–H groups in total. The van der Waals surface area contributed by atoms with Crippen LogP contribution in [0, 0.1) is 0 Å². The maximum absolute atomic E-state index is 11.8. The first-order valence-electron chi connectivity index (χ1n) is 7.72. The molecule has 2 rings (SSSR count). The summed E-state index contributed by atoms with van der Waals surface area (Å²) in [7, 11) is 0.344. The van der Waals surface area contributed by atoms with Crippen molar-refractivity contribution in [2.75, 3.05) is 26.4 Å². The molecule has 122 valence electrons. The zero-order chi connectivity index (χ0) is 15.8. The number of hydrogen-bond donors (Lipinski definition) is 1. The maximum atomic E-state index is 11.8. The van der Waals surface area contributed by atoms with Crippen LogP contribution in [0.1, 0.15) is 29.9 Å². The van der Waals surface area contributed by atoms with E-state index in [1.807, 2.05) is 24.3 Å². The van der Waals surface area contributed by atoms with Gasteiger partial charge in [0.2, 0.25) is 10.5 Å². The summed E-state index contributed by atoms with van der Waals surface area (Å²) in [6.45, 7) is 2.03. The molecule has 1 aromatic rings. The molecule has 2 unspecified atom stereocenters. The summed E-state index contributed by atoms with van der Waals surface area (Å²) >= 11 is 0. The quantitative estimate of drug-likeness (QED) is 0.381. The minimum Gasteiger partial charge on any atom is -0.528 e. The Hall–Kier alpha value is -1.21. The Morgan fingerprint density at radius 1 is 1.41 bits per heavy atom. The van der Waals surface area contributed by atoms with E-state index in [1.165, 1.54) is 0 Å². The Morgan fingerprint density at radius 2 is 2.18 bits per heavy atom. The Morgan fingerprint density at radius 3 is 2.86 bits per heavy atom. The molecule has 5 nitrogen and oxygen atoms in total. The van der Waals surface area contributed by atoms with Crippen molar-refractivity contribution in [3.05, 3.63) is 35.4 Å². The van der Waals surface area contributed by atoms with Gasteiger partial charge in [-0.2, -0.15) is 0 Å². The van der Waals surface area contributed by atoms with Crippen LogP contribution in [0.4, 0.5) is 0 Å². The predicted molar refractivity (Wildman–Crippen MR) is 85.8 cm³/mol. The number of aliphatic hydroxyl groups excluding tert-OH is 1. The topological polar surface area (TPSA) is 68.3 Å². The molecule has 0 amide bonds. The van der Waals surface area contributed by atoms with Gasteiger partial charge in [0.25, 0.3) is 0 Å². The van der Waals surface area contributed by atoms with Crippen molar-refractivity contribution in [3.63, 3.8) is 0 Å². The molecule has 0 aromatic heterocycles. The van der Waals surface area contributed by atoms with Crippen molar-refractivity contribution >= 4 is 16.5 Å². The molecule has 1 fully saturated rings. The number of carbonyl (C=O) groups excluding carboxylic acids is 1. The first-order chi connectivity index (χ1) is 10.8. The third-order valence-corrected chi connectivity index (χ3v) is 4.19. The van der Waals surface area contributed by atoms with Crippen molar-refractivity contribution in [3.8, 4) is 0 Å². The average molecular weight is 324 g/mol. The van der Waals surface area contributed by atoms with Gasteiger partial charge in [0, 0.05) is 6.61 Å². The molecular weight excluding hydrogens is 300 g/mol. The summed E-state index contributed by atoms with van der Waals surface area (Å²) in [5, 5.41) is 9.49. The van der Waals surface area contributed by atoms with Gasteiger partial charge >= 0.3 is 5.97 Å². The number of hydrogen-bond acceptors (Lipinski definition) is 5. The molecule has 2 atom stereocenters. The molecule has 1 aromatic carbocycles. The molecule has 1 heterocycles. The van der Waals surface area contributed by atoms with Crippen LogP contribution in [0.25, 0.3) is 0 Å². The van der Waals surface area contributed by atoms with Crippen molar-refractivity contribution < 1.29 is 23.8 Å². The second-order valence-corrected chi connectivity index (χ2v) is 5.85. The summed E-state index contributed by atoms with van der Waals surface area (Å²) in [6.07, 6.45) is 3.13. The smallest absolute Gasteiger partial charge is 0.301 e. The van der Waals surface area contributed by atoms with E-state index in [1.54, 1.807) is 0 Å². The van der Waals surface area contributed by atoms with E-state index in [2.05, 4.69) is 0 Å². The number of rotatable bonds is 10. The molecule has 0 radical (unpaired) electrons. The fourth-order valence-electron chi connectivity index (χ4n) is 2.44. The third kappa shape index (κ3) is 5.21. The Labute approximate surface area is 134 Å². The van der Waals surface area contributed by atoms with E-state index < -0.39 is 5.92 Å². The van der Waals surface area contributed by atoms with Crippen LogP contribution in [-0.2, 0) is 25.1 Å². The highest BCUT2D eigenvalue weighted by molar-refractivity contribution is 6.06. The van der Waals surface area contributed by atoms with Gasteiger partial charge in [-0.15, -0.1) is 0 Å². The number of aliphatic hydroxyl groups is 1. The average Bonchev–Trinajstić information content (AvgIpc) is 3.36. The first kappa shape index (κ1) is 17.1. The van der Waals surface area contributed by atoms with Crippen LogP contribution >= 0.6 is 0 Å². The molecule has 0 spiro atoms. The van der Waals surface area contributed by atoms with Crippen molar-refractivity contribution in [2.24, 2.45) is 0 Å². The molecule has 0 aliphatic carbocycles. The number of ether oxygens (including phenoxy) is 2. The minimum absolute atomic E-state index is 0.220. The SMILES string of the molecule is O=C(O[SiH3])C(CO)c1ccccc1CCCCOCC1CO1. The highest BCUT2D eigenvalue weighted by Crippen LogP contribution is 2.23. The second kappa shape index (κ2) is 9.04. The molecule has 6 heteroatoms. The number of aryl methyl sites for hydroxylation is 1. The maximum Gasteiger partial charge on any atom is 0.301 e. The monoisotopic (exact) mass is 324 g/mol. The lowest BCUT2D eigenvalue weighted by Crippen LogP contribution is -2.19. The summed E-state index contributed by atoms with van der Waals surface area (Å²) in [6, 6.07) is 7.76. The summed E-state index contributed by atoms with van der Waals surface area (Å²) in [5.74, 6) is -0.911.